The number of benzene rings is 1. The molecule has 0 spiro atoms. The van der Waals surface area contributed by atoms with Crippen LogP contribution in [0.3, 0.4) is 0 Å². The number of fused-ring (bicyclic) bond motifs is 1. The van der Waals surface area contributed by atoms with E-state index in [1.54, 1.807) is 0 Å². The van der Waals surface area contributed by atoms with Gasteiger partial charge in [-0.15, -0.1) is 0 Å². The first-order chi connectivity index (χ1) is 18.5. The summed E-state index contributed by atoms with van der Waals surface area (Å²) >= 11 is 12.2. The first kappa shape index (κ1) is 26.4. The molecule has 38 heavy (non-hydrogen) atoms. The fraction of sp³-hybridized carbons (Fsp3) is 0.310. The van der Waals surface area contributed by atoms with E-state index in [4.69, 9.17) is 28.2 Å². The first-order valence-corrected chi connectivity index (χ1v) is 13.5. The molecule has 9 heteroatoms. The third-order valence-corrected chi connectivity index (χ3v) is 7.67. The molecular weight excluding hydrogens is 519 g/mol. The van der Waals surface area contributed by atoms with Gasteiger partial charge >= 0.3 is 0 Å². The number of aromatic nitrogens is 4. The van der Waals surface area contributed by atoms with E-state index in [9.17, 15) is 4.79 Å². The van der Waals surface area contributed by atoms with Crippen molar-refractivity contribution in [3.8, 4) is 0 Å². The van der Waals surface area contributed by atoms with Crippen LogP contribution in [0.1, 0.15) is 57.5 Å². The van der Waals surface area contributed by atoms with E-state index >= 15 is 0 Å². The second kappa shape index (κ2) is 12.1. The van der Waals surface area contributed by atoms with Crippen LogP contribution >= 0.6 is 23.2 Å². The standard InChI is InChI=1S/C29H30Cl2N6O/c1-36-15-13-33-26(36)11-14-37(25-6-2-4-22-5-3-12-34-28(22)25)19-21-9-7-20(8-10-21)16-35-29(38)27-23(30)17-32-18-24(27)31/h3,5,7-10,12-13,15,17-18,25H,2,4,6,11,14,16,19H2,1H3,(H,35,38). The molecular formula is C29H30Cl2N6O. The monoisotopic (exact) mass is 548 g/mol. The molecule has 0 bridgehead atoms. The highest BCUT2D eigenvalue weighted by molar-refractivity contribution is 6.39. The van der Waals surface area contributed by atoms with E-state index in [0.29, 0.717) is 6.54 Å². The van der Waals surface area contributed by atoms with Crippen molar-refractivity contribution in [2.75, 3.05) is 6.54 Å². The number of carbonyl (C=O) groups is 1. The molecule has 4 aromatic rings. The van der Waals surface area contributed by atoms with Crippen molar-refractivity contribution in [1.29, 1.82) is 0 Å². The number of imidazole rings is 1. The molecule has 1 unspecified atom stereocenters. The average Bonchev–Trinajstić information content (AvgIpc) is 3.34. The Balaban J connectivity index is 1.28. The summed E-state index contributed by atoms with van der Waals surface area (Å²) < 4.78 is 2.08. The summed E-state index contributed by atoms with van der Waals surface area (Å²) in [5, 5.41) is 3.36. The van der Waals surface area contributed by atoms with Gasteiger partial charge in [0.05, 0.1) is 27.3 Å². The van der Waals surface area contributed by atoms with Gasteiger partial charge in [-0.3, -0.25) is 19.7 Å². The molecule has 196 valence electrons. The lowest BCUT2D eigenvalue weighted by Crippen LogP contribution is -2.33. The molecule has 1 aromatic carbocycles. The maximum Gasteiger partial charge on any atom is 0.254 e. The number of hydrogen-bond acceptors (Lipinski definition) is 5. The topological polar surface area (TPSA) is 75.9 Å². The number of aryl methyl sites for hydroxylation is 2. The van der Waals surface area contributed by atoms with Gasteiger partial charge in [-0.2, -0.15) is 0 Å². The summed E-state index contributed by atoms with van der Waals surface area (Å²) in [4.78, 5) is 28.4. The summed E-state index contributed by atoms with van der Waals surface area (Å²) in [6.07, 6.45) is 12.8. The first-order valence-electron chi connectivity index (χ1n) is 12.8. The molecule has 0 fully saturated rings. The van der Waals surface area contributed by atoms with Crippen LogP contribution in [0.2, 0.25) is 10.0 Å². The van der Waals surface area contributed by atoms with Crippen molar-refractivity contribution in [2.24, 2.45) is 7.05 Å². The fourth-order valence-corrected chi connectivity index (χ4v) is 5.60. The molecule has 0 saturated carbocycles. The van der Waals surface area contributed by atoms with Crippen LogP contribution in [0, 0.1) is 0 Å². The predicted octanol–water partition coefficient (Wildman–Crippen LogP) is 5.57. The summed E-state index contributed by atoms with van der Waals surface area (Å²) in [6.45, 7) is 2.06. The number of nitrogens with zero attached hydrogens (tertiary/aromatic N) is 5. The highest BCUT2D eigenvalue weighted by Crippen LogP contribution is 2.34. The van der Waals surface area contributed by atoms with Crippen LogP contribution in [0.15, 0.2) is 67.4 Å². The number of carbonyl (C=O) groups excluding carboxylic acids is 1. The van der Waals surface area contributed by atoms with Crippen LogP contribution in [-0.2, 0) is 33.0 Å². The van der Waals surface area contributed by atoms with E-state index in [2.05, 4.69) is 55.1 Å². The van der Waals surface area contributed by atoms with Crippen molar-refractivity contribution < 1.29 is 4.79 Å². The Bertz CT molecular complexity index is 1380. The minimum absolute atomic E-state index is 0.231. The Morgan fingerprint density at radius 3 is 2.58 bits per heavy atom. The van der Waals surface area contributed by atoms with Crippen molar-refractivity contribution >= 4 is 29.1 Å². The molecule has 1 aliphatic rings. The quantitative estimate of drug-likeness (QED) is 0.296. The molecule has 0 aliphatic heterocycles. The van der Waals surface area contributed by atoms with E-state index < -0.39 is 0 Å². The molecule has 3 aromatic heterocycles. The van der Waals surface area contributed by atoms with Gasteiger partial charge in [0.2, 0.25) is 0 Å². The lowest BCUT2D eigenvalue weighted by atomic mass is 9.90. The number of rotatable bonds is 9. The maximum atomic E-state index is 12.6. The highest BCUT2D eigenvalue weighted by Gasteiger charge is 2.27. The molecule has 1 atom stereocenters. The summed E-state index contributed by atoms with van der Waals surface area (Å²) in [5.74, 6) is 0.753. The summed E-state index contributed by atoms with van der Waals surface area (Å²) in [6, 6.07) is 12.9. The van der Waals surface area contributed by atoms with Crippen molar-refractivity contribution in [3.05, 3.63) is 111 Å². The van der Waals surface area contributed by atoms with Gasteiger partial charge < -0.3 is 9.88 Å². The van der Waals surface area contributed by atoms with Gasteiger partial charge in [-0.1, -0.05) is 53.5 Å². The number of hydrogen-bond donors (Lipinski definition) is 1. The number of amides is 1. The van der Waals surface area contributed by atoms with Crippen LogP contribution < -0.4 is 5.32 Å². The number of halogens is 2. The van der Waals surface area contributed by atoms with Gasteiger partial charge in [0.1, 0.15) is 5.82 Å². The zero-order valence-electron chi connectivity index (χ0n) is 21.3. The molecule has 1 aliphatic carbocycles. The Morgan fingerprint density at radius 1 is 1.08 bits per heavy atom. The lowest BCUT2D eigenvalue weighted by Gasteiger charge is -2.35. The molecule has 1 N–H and O–H groups in total. The van der Waals surface area contributed by atoms with Crippen LogP contribution in [0.25, 0.3) is 0 Å². The van der Waals surface area contributed by atoms with Crippen LogP contribution in [0.4, 0.5) is 0 Å². The largest absolute Gasteiger partial charge is 0.348 e. The fourth-order valence-electron chi connectivity index (χ4n) is 5.06. The third kappa shape index (κ3) is 6.07. The van der Waals surface area contributed by atoms with E-state index in [0.717, 1.165) is 50.2 Å². The number of nitrogens with one attached hydrogen (secondary N) is 1. The zero-order chi connectivity index (χ0) is 26.5. The maximum absolute atomic E-state index is 12.6. The smallest absolute Gasteiger partial charge is 0.254 e. The van der Waals surface area contributed by atoms with Gasteiger partial charge in [-0.05, 0) is 42.0 Å². The normalized spacial score (nSPS) is 14.9. The molecule has 7 nitrogen and oxygen atoms in total. The average molecular weight is 550 g/mol. The van der Waals surface area contributed by atoms with Crippen LogP contribution in [0.5, 0.6) is 0 Å². The molecule has 3 heterocycles. The Labute approximate surface area is 232 Å². The molecule has 1 amide bonds. The predicted molar refractivity (Wildman–Crippen MR) is 149 cm³/mol. The highest BCUT2D eigenvalue weighted by atomic mass is 35.5. The Morgan fingerprint density at radius 2 is 1.84 bits per heavy atom. The second-order valence-electron chi connectivity index (χ2n) is 9.61. The summed E-state index contributed by atoms with van der Waals surface area (Å²) in [7, 11) is 2.04. The minimum atomic E-state index is -0.324. The second-order valence-corrected chi connectivity index (χ2v) is 10.4. The van der Waals surface area contributed by atoms with E-state index in [1.807, 2.05) is 31.7 Å². The number of pyridine rings is 2. The third-order valence-electron chi connectivity index (χ3n) is 7.09. The lowest BCUT2D eigenvalue weighted by molar-refractivity contribution is 0.0951. The Kier molecular flexibility index (Phi) is 8.37. The van der Waals surface area contributed by atoms with Crippen molar-refractivity contribution in [2.45, 2.75) is 44.8 Å². The SMILES string of the molecule is Cn1ccnc1CCN(Cc1ccc(CNC(=O)c2c(Cl)cncc2Cl)cc1)C1CCCc2cccnc21. The minimum Gasteiger partial charge on any atom is -0.348 e. The van der Waals surface area contributed by atoms with Crippen molar-refractivity contribution in [1.82, 2.24) is 29.7 Å². The van der Waals surface area contributed by atoms with Gasteiger partial charge in [-0.25, -0.2) is 4.98 Å². The zero-order valence-corrected chi connectivity index (χ0v) is 22.8. The van der Waals surface area contributed by atoms with Gasteiger partial charge in [0, 0.05) is 64.1 Å². The van der Waals surface area contributed by atoms with E-state index in [1.165, 1.54) is 29.2 Å². The molecule has 0 radical (unpaired) electrons. The van der Waals surface area contributed by atoms with E-state index in [-0.39, 0.29) is 27.6 Å². The van der Waals surface area contributed by atoms with Crippen LogP contribution in [-0.4, -0.2) is 36.9 Å². The Hall–Kier alpha value is -3.26. The summed E-state index contributed by atoms with van der Waals surface area (Å²) in [5.41, 5.74) is 5.00. The van der Waals surface area contributed by atoms with Gasteiger partial charge in [0.15, 0.2) is 0 Å². The van der Waals surface area contributed by atoms with Gasteiger partial charge in [0.25, 0.3) is 5.91 Å². The molecule has 5 rings (SSSR count). The molecule has 0 saturated heterocycles. The van der Waals surface area contributed by atoms with Crippen molar-refractivity contribution in [3.63, 3.8) is 0 Å².